The van der Waals surface area contributed by atoms with Crippen LogP contribution in [0.15, 0.2) is 24.4 Å². The third-order valence-electron chi connectivity index (χ3n) is 4.17. The minimum Gasteiger partial charge on any atom is -0.444 e. The zero-order valence-corrected chi connectivity index (χ0v) is 18.4. The average molecular weight is 502 g/mol. The molecule has 2 aromatic rings. The number of rotatable bonds is 3. The van der Waals surface area contributed by atoms with Gasteiger partial charge in [0.25, 0.3) is 5.69 Å². The third kappa shape index (κ3) is 4.40. The molecule has 1 aliphatic heterocycles. The van der Waals surface area contributed by atoms with Crippen molar-refractivity contribution in [2.75, 3.05) is 13.1 Å². The van der Waals surface area contributed by atoms with E-state index in [2.05, 4.69) is 27.1 Å². The Morgan fingerprint density at radius 3 is 2.70 bits per heavy atom. The van der Waals surface area contributed by atoms with Gasteiger partial charge in [-0.05, 0) is 60.9 Å². The molecule has 1 unspecified atom stereocenters. The summed E-state index contributed by atoms with van der Waals surface area (Å²) in [7, 11) is 0. The van der Waals surface area contributed by atoms with Crippen molar-refractivity contribution in [3.05, 3.63) is 40.1 Å². The number of hydrogen-bond donors (Lipinski definition) is 0. The van der Waals surface area contributed by atoms with Crippen LogP contribution < -0.4 is 0 Å². The first-order valence-electron chi connectivity index (χ1n) is 8.40. The van der Waals surface area contributed by atoms with Gasteiger partial charge in [0.05, 0.1) is 28.6 Å². The highest BCUT2D eigenvalue weighted by Crippen LogP contribution is 2.36. The van der Waals surface area contributed by atoms with E-state index in [0.29, 0.717) is 31.4 Å². The fraction of sp³-hybridized carbons (Fsp3) is 0.412. The van der Waals surface area contributed by atoms with Crippen molar-refractivity contribution >= 4 is 56.7 Å². The minimum absolute atomic E-state index is 0.0656. The van der Waals surface area contributed by atoms with Crippen LogP contribution in [0.25, 0.3) is 16.5 Å². The zero-order chi connectivity index (χ0) is 19.8. The van der Waals surface area contributed by atoms with Gasteiger partial charge in [-0.15, -0.1) is 0 Å². The molecule has 0 spiro atoms. The van der Waals surface area contributed by atoms with Crippen molar-refractivity contribution in [2.45, 2.75) is 32.8 Å². The number of ether oxygens (including phenoxy) is 1. The molecular weight excluding hydrogens is 482 g/mol. The molecule has 0 N–H and O–H groups in total. The molecule has 0 saturated carbocycles. The standard InChI is InChI=1S/C17H20IN4O4P/c1-17(2,3)26-16(23)20-6-4-11(5-7-20)13-9-14-12(8-15(13)22(24)25)10-19-21(14)27-18/h4,8-10,27H,5-7H2,1-3H3. The van der Waals surface area contributed by atoms with Crippen LogP contribution in [0.2, 0.25) is 0 Å². The fourth-order valence-electron chi connectivity index (χ4n) is 2.94. The fourth-order valence-corrected chi connectivity index (χ4v) is 4.48. The van der Waals surface area contributed by atoms with Crippen LogP contribution in [-0.4, -0.2) is 44.2 Å². The van der Waals surface area contributed by atoms with Crippen molar-refractivity contribution in [3.63, 3.8) is 0 Å². The number of amides is 1. The summed E-state index contributed by atoms with van der Waals surface area (Å²) >= 11 is 2.23. The number of hydrogen-bond acceptors (Lipinski definition) is 5. The second kappa shape index (κ2) is 7.71. The number of benzene rings is 1. The van der Waals surface area contributed by atoms with Crippen LogP contribution in [-0.2, 0) is 4.74 Å². The van der Waals surface area contributed by atoms with E-state index < -0.39 is 5.60 Å². The molecule has 10 heteroatoms. The van der Waals surface area contributed by atoms with Crippen LogP contribution in [0.5, 0.6) is 0 Å². The Labute approximate surface area is 171 Å². The lowest BCUT2D eigenvalue weighted by Gasteiger charge is -2.29. The predicted molar refractivity (Wildman–Crippen MR) is 115 cm³/mol. The molecule has 0 saturated heterocycles. The van der Waals surface area contributed by atoms with Crippen LogP contribution in [0.1, 0.15) is 32.8 Å². The molecule has 1 aromatic heterocycles. The van der Waals surface area contributed by atoms with Crippen LogP contribution in [0.4, 0.5) is 10.5 Å². The molecule has 0 aliphatic carbocycles. The van der Waals surface area contributed by atoms with Crippen molar-refractivity contribution in [2.24, 2.45) is 0 Å². The molecule has 3 rings (SSSR count). The van der Waals surface area contributed by atoms with Crippen molar-refractivity contribution in [1.82, 2.24) is 14.5 Å². The lowest BCUT2D eigenvalue weighted by atomic mass is 9.97. The first-order chi connectivity index (χ1) is 12.7. The summed E-state index contributed by atoms with van der Waals surface area (Å²) < 4.78 is 7.23. The molecular formula is C17H20IN4O4P. The maximum atomic E-state index is 12.2. The quantitative estimate of drug-likeness (QED) is 0.261. The number of nitro benzene ring substituents is 1. The van der Waals surface area contributed by atoms with Gasteiger partial charge in [-0.1, -0.05) is 6.08 Å². The van der Waals surface area contributed by atoms with E-state index in [4.69, 9.17) is 4.74 Å². The molecule has 1 aliphatic rings. The van der Waals surface area contributed by atoms with Gasteiger partial charge >= 0.3 is 6.09 Å². The zero-order valence-electron chi connectivity index (χ0n) is 15.2. The Morgan fingerprint density at radius 2 is 2.15 bits per heavy atom. The van der Waals surface area contributed by atoms with E-state index in [1.807, 2.05) is 37.4 Å². The topological polar surface area (TPSA) is 90.5 Å². The molecule has 27 heavy (non-hydrogen) atoms. The van der Waals surface area contributed by atoms with Crippen molar-refractivity contribution in [3.8, 4) is 0 Å². The van der Waals surface area contributed by atoms with Crippen LogP contribution in [0, 0.1) is 10.1 Å². The summed E-state index contributed by atoms with van der Waals surface area (Å²) in [5, 5.41) is 16.6. The Bertz CT molecular complexity index is 935. The number of nitrogens with zero attached hydrogens (tertiary/aromatic N) is 4. The molecule has 1 atom stereocenters. The first-order valence-corrected chi connectivity index (χ1v) is 12.5. The number of fused-ring (bicyclic) bond motifs is 1. The van der Waals surface area contributed by atoms with Crippen LogP contribution in [0.3, 0.4) is 0 Å². The molecule has 0 radical (unpaired) electrons. The second-order valence-corrected chi connectivity index (χ2v) is 9.27. The van der Waals surface area contributed by atoms with Gasteiger partial charge in [0.15, 0.2) is 0 Å². The van der Waals surface area contributed by atoms with Crippen LogP contribution >= 0.6 is 28.4 Å². The smallest absolute Gasteiger partial charge is 0.410 e. The summed E-state index contributed by atoms with van der Waals surface area (Å²) in [6, 6.07) is 3.41. The Hall–Kier alpha value is -1.74. The third-order valence-corrected chi connectivity index (χ3v) is 6.06. The van der Waals surface area contributed by atoms with E-state index >= 15 is 0 Å². The maximum Gasteiger partial charge on any atom is 0.410 e. The monoisotopic (exact) mass is 502 g/mol. The lowest BCUT2D eigenvalue weighted by molar-refractivity contribution is -0.385. The lowest BCUT2D eigenvalue weighted by Crippen LogP contribution is -2.39. The molecule has 8 nitrogen and oxygen atoms in total. The Balaban J connectivity index is 1.92. The van der Waals surface area contributed by atoms with Crippen molar-refractivity contribution in [1.29, 1.82) is 0 Å². The van der Waals surface area contributed by atoms with Gasteiger partial charge in [-0.25, -0.2) is 9.25 Å². The number of carbonyl (C=O) groups excluding carboxylic acids is 1. The summed E-state index contributed by atoms with van der Waals surface area (Å²) in [5.41, 5.74) is 1.85. The van der Waals surface area contributed by atoms with Gasteiger partial charge < -0.3 is 9.64 Å². The average Bonchev–Trinajstić information content (AvgIpc) is 3.01. The SMILES string of the molecule is CC(C)(C)OC(=O)N1CC=C(c2cc3c(cnn3PI)cc2[N+](=O)[O-])CC1. The first kappa shape index (κ1) is 20.0. The highest BCUT2D eigenvalue weighted by Gasteiger charge is 2.26. The molecule has 0 bridgehead atoms. The minimum atomic E-state index is -0.552. The highest BCUT2D eigenvalue weighted by molar-refractivity contribution is 14.2. The van der Waals surface area contributed by atoms with Crippen molar-refractivity contribution < 1.29 is 14.5 Å². The van der Waals surface area contributed by atoms with E-state index in [0.717, 1.165) is 16.5 Å². The summed E-state index contributed by atoms with van der Waals surface area (Å²) in [6.07, 6.45) is 4.09. The summed E-state index contributed by atoms with van der Waals surface area (Å²) in [6.45, 7) is 6.30. The van der Waals surface area contributed by atoms with E-state index in [9.17, 15) is 14.9 Å². The number of aromatic nitrogens is 2. The largest absolute Gasteiger partial charge is 0.444 e. The Kier molecular flexibility index (Phi) is 5.71. The number of halogens is 1. The number of nitro groups is 1. The normalized spacial score (nSPS) is 15.4. The molecule has 1 aromatic carbocycles. The molecule has 2 heterocycles. The Morgan fingerprint density at radius 1 is 1.41 bits per heavy atom. The van der Waals surface area contributed by atoms with Gasteiger partial charge in [0, 0.05) is 24.5 Å². The molecule has 144 valence electrons. The summed E-state index contributed by atoms with van der Waals surface area (Å²) in [5.74, 6) is 0. The predicted octanol–water partition coefficient (Wildman–Crippen LogP) is 4.76. The van der Waals surface area contributed by atoms with E-state index in [-0.39, 0.29) is 16.7 Å². The molecule has 1 amide bonds. The van der Waals surface area contributed by atoms with Gasteiger partial charge in [0.2, 0.25) is 0 Å². The second-order valence-electron chi connectivity index (χ2n) is 7.23. The maximum absolute atomic E-state index is 12.2. The van der Waals surface area contributed by atoms with Gasteiger partial charge in [-0.3, -0.25) is 10.1 Å². The number of carbonyl (C=O) groups is 1. The van der Waals surface area contributed by atoms with Gasteiger partial charge in [-0.2, -0.15) is 5.10 Å². The van der Waals surface area contributed by atoms with E-state index in [1.54, 1.807) is 17.2 Å². The van der Waals surface area contributed by atoms with Gasteiger partial charge in [0.1, 0.15) is 5.60 Å². The van der Waals surface area contributed by atoms with E-state index in [1.165, 1.54) is 0 Å². The molecule has 0 fully saturated rings. The highest BCUT2D eigenvalue weighted by atomic mass is 127. The summed E-state index contributed by atoms with van der Waals surface area (Å²) in [4.78, 5) is 25.0.